The number of amidine groups is 2. The van der Waals surface area contributed by atoms with Crippen LogP contribution in [0.4, 0.5) is 0 Å². The molecule has 0 bridgehead atoms. The first-order valence-corrected chi connectivity index (χ1v) is 15.5. The number of furan rings is 1. The summed E-state index contributed by atoms with van der Waals surface area (Å²) in [5.74, 6) is 1.49. The summed E-state index contributed by atoms with van der Waals surface area (Å²) in [5, 5.41) is 8.25. The number of fused-ring (bicyclic) bond motifs is 6. The van der Waals surface area contributed by atoms with E-state index in [9.17, 15) is 0 Å². The predicted molar refractivity (Wildman–Crippen MR) is 184 cm³/mol. The van der Waals surface area contributed by atoms with Crippen molar-refractivity contribution in [2.45, 2.75) is 6.17 Å². The number of aliphatic imine (C=N–C) groups is 2. The van der Waals surface area contributed by atoms with Crippen LogP contribution >= 0.6 is 11.3 Å². The normalized spacial score (nSPS) is 15.0. The Balaban J connectivity index is 1.22. The Bertz CT molecular complexity index is 2420. The van der Waals surface area contributed by atoms with E-state index in [2.05, 4.69) is 121 Å². The Kier molecular flexibility index (Phi) is 5.71. The van der Waals surface area contributed by atoms with Crippen LogP contribution in [0.1, 0.15) is 22.9 Å². The predicted octanol–water partition coefficient (Wildman–Crippen LogP) is 10.1. The molecule has 1 aliphatic heterocycles. The van der Waals surface area contributed by atoms with Gasteiger partial charge in [-0.2, -0.15) is 0 Å². The van der Waals surface area contributed by atoms with Gasteiger partial charge in [-0.3, -0.25) is 0 Å². The monoisotopic (exact) mass is 583 g/mol. The summed E-state index contributed by atoms with van der Waals surface area (Å²) in [6, 6.07) is 48.5. The van der Waals surface area contributed by atoms with Gasteiger partial charge in [-0.15, -0.1) is 11.3 Å². The average molecular weight is 584 g/mol. The number of rotatable bonds is 4. The van der Waals surface area contributed by atoms with Crippen LogP contribution in [0.3, 0.4) is 0 Å². The van der Waals surface area contributed by atoms with E-state index in [4.69, 9.17) is 14.4 Å². The van der Waals surface area contributed by atoms with Gasteiger partial charge in [0.15, 0.2) is 5.84 Å². The van der Waals surface area contributed by atoms with E-state index in [0.717, 1.165) is 55.6 Å². The molecule has 0 spiro atoms. The molecule has 0 fully saturated rings. The Morgan fingerprint density at radius 1 is 0.568 bits per heavy atom. The summed E-state index contributed by atoms with van der Waals surface area (Å²) in [7, 11) is 0. The standard InChI is InChI=1S/C39H25N3OS/c1-3-10-24(11-4-1)26-18-20-29-33(23-26)43-32-16-9-15-30(36(29)32)39-41-37(25-12-5-2-6-13-25)40-38(42-39)27-19-21-35-31(22-27)28-14-7-8-17-34(28)44-35/h1-23,37H,(H,40,41,42). The van der Waals surface area contributed by atoms with Crippen molar-refractivity contribution in [1.82, 2.24) is 5.32 Å². The van der Waals surface area contributed by atoms with Gasteiger partial charge in [-0.05, 0) is 59.2 Å². The van der Waals surface area contributed by atoms with Crippen LogP contribution in [-0.4, -0.2) is 11.7 Å². The fourth-order valence-electron chi connectivity index (χ4n) is 6.22. The Morgan fingerprint density at radius 2 is 1.34 bits per heavy atom. The van der Waals surface area contributed by atoms with Crippen molar-refractivity contribution >= 4 is 65.1 Å². The molecular formula is C39H25N3OS. The summed E-state index contributed by atoms with van der Waals surface area (Å²) in [6.45, 7) is 0. The molecule has 44 heavy (non-hydrogen) atoms. The van der Waals surface area contributed by atoms with E-state index in [1.807, 2.05) is 35.6 Å². The van der Waals surface area contributed by atoms with Gasteiger partial charge in [0.1, 0.15) is 23.2 Å². The topological polar surface area (TPSA) is 49.9 Å². The molecule has 5 heteroatoms. The van der Waals surface area contributed by atoms with Gasteiger partial charge < -0.3 is 9.73 Å². The molecule has 6 aromatic carbocycles. The van der Waals surface area contributed by atoms with Crippen LogP contribution < -0.4 is 5.32 Å². The molecular weight excluding hydrogens is 559 g/mol. The zero-order valence-corrected chi connectivity index (χ0v) is 24.4. The van der Waals surface area contributed by atoms with Gasteiger partial charge in [-0.25, -0.2) is 9.98 Å². The Hall–Kier alpha value is -5.52. The highest BCUT2D eigenvalue weighted by Crippen LogP contribution is 2.37. The Labute approximate surface area is 257 Å². The minimum Gasteiger partial charge on any atom is -0.456 e. The van der Waals surface area contributed by atoms with Crippen LogP contribution in [0.15, 0.2) is 154 Å². The fourth-order valence-corrected chi connectivity index (χ4v) is 7.31. The van der Waals surface area contributed by atoms with E-state index in [1.54, 1.807) is 0 Å². The minimum atomic E-state index is -0.285. The second-order valence-electron chi connectivity index (χ2n) is 11.0. The van der Waals surface area contributed by atoms with Gasteiger partial charge >= 0.3 is 0 Å². The molecule has 0 saturated carbocycles. The number of hydrogen-bond acceptors (Lipinski definition) is 5. The molecule has 0 radical (unpaired) electrons. The third-order valence-electron chi connectivity index (χ3n) is 8.35. The lowest BCUT2D eigenvalue weighted by atomic mass is 10.0. The lowest BCUT2D eigenvalue weighted by molar-refractivity contribution is 0.668. The molecule has 4 nitrogen and oxygen atoms in total. The SMILES string of the molecule is c1ccc(-c2ccc3c(c2)oc2cccc(C4=NC(c5ccc6sc7ccccc7c6c5)=NC(c5ccccc5)N4)c23)cc1. The zero-order chi connectivity index (χ0) is 29.0. The maximum atomic E-state index is 6.44. The summed E-state index contributed by atoms with van der Waals surface area (Å²) in [6.07, 6.45) is -0.285. The molecule has 9 rings (SSSR count). The summed E-state index contributed by atoms with van der Waals surface area (Å²) < 4.78 is 8.98. The highest BCUT2D eigenvalue weighted by molar-refractivity contribution is 7.25. The number of benzene rings is 6. The second-order valence-corrected chi connectivity index (χ2v) is 12.1. The highest BCUT2D eigenvalue weighted by atomic mass is 32.1. The number of hydrogen-bond donors (Lipinski definition) is 1. The first-order chi connectivity index (χ1) is 21.8. The highest BCUT2D eigenvalue weighted by Gasteiger charge is 2.24. The van der Waals surface area contributed by atoms with Crippen molar-refractivity contribution in [2.24, 2.45) is 9.98 Å². The number of nitrogens with zero attached hydrogens (tertiary/aromatic N) is 2. The van der Waals surface area contributed by atoms with Crippen LogP contribution in [0.2, 0.25) is 0 Å². The maximum Gasteiger partial charge on any atom is 0.159 e. The molecule has 1 N–H and O–H groups in total. The van der Waals surface area contributed by atoms with Crippen molar-refractivity contribution in [2.75, 3.05) is 0 Å². The number of nitrogens with one attached hydrogen (secondary N) is 1. The van der Waals surface area contributed by atoms with Crippen molar-refractivity contribution in [3.05, 3.63) is 156 Å². The molecule has 0 amide bonds. The smallest absolute Gasteiger partial charge is 0.159 e. The third kappa shape index (κ3) is 4.13. The van der Waals surface area contributed by atoms with Crippen LogP contribution in [0, 0.1) is 0 Å². The van der Waals surface area contributed by atoms with E-state index in [1.165, 1.54) is 20.2 Å². The van der Waals surface area contributed by atoms with E-state index in [-0.39, 0.29) is 6.17 Å². The van der Waals surface area contributed by atoms with E-state index < -0.39 is 0 Å². The lowest BCUT2D eigenvalue weighted by Crippen LogP contribution is -2.33. The molecule has 2 aromatic heterocycles. The fraction of sp³-hybridized carbons (Fsp3) is 0.0256. The van der Waals surface area contributed by atoms with Crippen LogP contribution in [0.25, 0.3) is 53.2 Å². The van der Waals surface area contributed by atoms with E-state index >= 15 is 0 Å². The quantitative estimate of drug-likeness (QED) is 0.224. The summed E-state index contributed by atoms with van der Waals surface area (Å²) >= 11 is 1.82. The molecule has 0 saturated heterocycles. The lowest BCUT2D eigenvalue weighted by Gasteiger charge is -2.24. The van der Waals surface area contributed by atoms with Crippen molar-refractivity contribution in [1.29, 1.82) is 0 Å². The van der Waals surface area contributed by atoms with E-state index in [0.29, 0.717) is 5.84 Å². The van der Waals surface area contributed by atoms with Gasteiger partial charge in [0.2, 0.25) is 0 Å². The third-order valence-corrected chi connectivity index (χ3v) is 9.50. The minimum absolute atomic E-state index is 0.285. The van der Waals surface area contributed by atoms with Crippen molar-refractivity contribution in [3.63, 3.8) is 0 Å². The van der Waals surface area contributed by atoms with Gasteiger partial charge in [0.25, 0.3) is 0 Å². The molecule has 0 aliphatic carbocycles. The van der Waals surface area contributed by atoms with Gasteiger partial charge in [0.05, 0.1) is 0 Å². The molecule has 3 heterocycles. The molecule has 1 unspecified atom stereocenters. The van der Waals surface area contributed by atoms with Crippen molar-refractivity contribution < 1.29 is 4.42 Å². The first kappa shape index (κ1) is 25.0. The zero-order valence-electron chi connectivity index (χ0n) is 23.6. The second kappa shape index (κ2) is 10.0. The van der Waals surface area contributed by atoms with Crippen molar-refractivity contribution in [3.8, 4) is 11.1 Å². The molecule has 208 valence electrons. The molecule has 1 aliphatic rings. The van der Waals surface area contributed by atoms with Gasteiger partial charge in [0, 0.05) is 42.1 Å². The summed E-state index contributed by atoms with van der Waals surface area (Å²) in [4.78, 5) is 10.3. The van der Waals surface area contributed by atoms with Gasteiger partial charge in [-0.1, -0.05) is 97.1 Å². The largest absolute Gasteiger partial charge is 0.456 e. The molecule has 1 atom stereocenters. The Morgan fingerprint density at radius 3 is 2.23 bits per heavy atom. The summed E-state index contributed by atoms with van der Waals surface area (Å²) in [5.41, 5.74) is 7.04. The first-order valence-electron chi connectivity index (χ1n) is 14.7. The number of thiophene rings is 1. The molecule has 8 aromatic rings. The van der Waals surface area contributed by atoms with Crippen LogP contribution in [0.5, 0.6) is 0 Å². The van der Waals surface area contributed by atoms with Crippen LogP contribution in [-0.2, 0) is 0 Å². The maximum absolute atomic E-state index is 6.44. The average Bonchev–Trinajstić information content (AvgIpc) is 3.66.